The van der Waals surface area contributed by atoms with Crippen LogP contribution in [-0.2, 0) is 16.1 Å². The molecule has 0 bridgehead atoms. The average Bonchev–Trinajstić information content (AvgIpc) is 2.83. The van der Waals surface area contributed by atoms with Crippen molar-refractivity contribution >= 4 is 27.5 Å². The molecule has 0 N–H and O–H groups in total. The lowest BCUT2D eigenvalue weighted by Crippen LogP contribution is -2.30. The third kappa shape index (κ3) is 3.21. The van der Waals surface area contributed by atoms with E-state index in [0.29, 0.717) is 16.1 Å². The fourth-order valence-corrected chi connectivity index (χ4v) is 3.88. The summed E-state index contributed by atoms with van der Waals surface area (Å²) in [6.45, 7) is 4.05. The molecule has 0 saturated heterocycles. The van der Waals surface area contributed by atoms with Gasteiger partial charge in [0.1, 0.15) is 17.5 Å². The van der Waals surface area contributed by atoms with Crippen molar-refractivity contribution in [2.75, 3.05) is 0 Å². The van der Waals surface area contributed by atoms with Crippen LogP contribution >= 0.6 is 11.3 Å². The standard InChI is InChI=1S/C16H20N2O3S/c1-10-4-3-5-12(6-10)21-14(19)8-18-9-17-15-13(16(18)20)7-11(2)22-15/h7,9-10,12H,3-6,8H2,1-2H3. The maximum Gasteiger partial charge on any atom is 0.326 e. The summed E-state index contributed by atoms with van der Waals surface area (Å²) < 4.78 is 6.85. The number of carbonyl (C=O) groups is 1. The number of fused-ring (bicyclic) bond motifs is 1. The van der Waals surface area contributed by atoms with Crippen molar-refractivity contribution < 1.29 is 9.53 Å². The quantitative estimate of drug-likeness (QED) is 0.816. The topological polar surface area (TPSA) is 61.2 Å². The SMILES string of the molecule is Cc1cc2c(=O)n(CC(=O)OC3CCCC(C)C3)cnc2s1. The monoisotopic (exact) mass is 320 g/mol. The van der Waals surface area contributed by atoms with Gasteiger partial charge in [-0.15, -0.1) is 11.3 Å². The van der Waals surface area contributed by atoms with Gasteiger partial charge in [-0.2, -0.15) is 0 Å². The highest BCUT2D eigenvalue weighted by Crippen LogP contribution is 2.25. The minimum absolute atomic E-state index is 0.00738. The van der Waals surface area contributed by atoms with E-state index in [1.165, 1.54) is 28.7 Å². The minimum atomic E-state index is -0.352. The van der Waals surface area contributed by atoms with Gasteiger partial charge in [0.2, 0.25) is 0 Å². The van der Waals surface area contributed by atoms with E-state index in [4.69, 9.17) is 4.74 Å². The molecule has 1 aliphatic rings. The lowest BCUT2D eigenvalue weighted by Gasteiger charge is -2.26. The molecule has 118 valence electrons. The van der Waals surface area contributed by atoms with E-state index in [2.05, 4.69) is 11.9 Å². The summed E-state index contributed by atoms with van der Waals surface area (Å²) in [6, 6.07) is 1.82. The predicted octanol–water partition coefficient (Wildman–Crippen LogP) is 2.89. The second kappa shape index (κ2) is 6.20. The van der Waals surface area contributed by atoms with Gasteiger partial charge < -0.3 is 4.74 Å². The summed E-state index contributed by atoms with van der Waals surface area (Å²) in [7, 11) is 0. The smallest absolute Gasteiger partial charge is 0.326 e. The number of hydrogen-bond donors (Lipinski definition) is 0. The van der Waals surface area contributed by atoms with E-state index < -0.39 is 0 Å². The Balaban J connectivity index is 1.71. The number of ether oxygens (including phenoxy) is 1. The average molecular weight is 320 g/mol. The van der Waals surface area contributed by atoms with E-state index in [1.807, 2.05) is 13.0 Å². The van der Waals surface area contributed by atoms with Gasteiger partial charge in [-0.1, -0.05) is 13.3 Å². The van der Waals surface area contributed by atoms with E-state index in [9.17, 15) is 9.59 Å². The second-order valence-electron chi connectivity index (χ2n) is 6.14. The molecule has 2 unspecified atom stereocenters. The first-order valence-corrected chi connectivity index (χ1v) is 8.49. The molecule has 22 heavy (non-hydrogen) atoms. The fraction of sp³-hybridized carbons (Fsp3) is 0.562. The maximum absolute atomic E-state index is 12.3. The van der Waals surface area contributed by atoms with Crippen molar-refractivity contribution in [3.8, 4) is 0 Å². The van der Waals surface area contributed by atoms with Crippen molar-refractivity contribution in [2.24, 2.45) is 5.92 Å². The van der Waals surface area contributed by atoms with E-state index in [1.54, 1.807) is 0 Å². The molecule has 3 rings (SSSR count). The van der Waals surface area contributed by atoms with Crippen LogP contribution < -0.4 is 5.56 Å². The Morgan fingerprint density at radius 3 is 3.09 bits per heavy atom. The summed E-state index contributed by atoms with van der Waals surface area (Å²) in [5.41, 5.74) is -0.177. The van der Waals surface area contributed by atoms with Gasteiger partial charge in [-0.05, 0) is 38.2 Å². The Morgan fingerprint density at radius 1 is 1.50 bits per heavy atom. The largest absolute Gasteiger partial charge is 0.461 e. The van der Waals surface area contributed by atoms with Gasteiger partial charge in [0.05, 0.1) is 11.7 Å². The van der Waals surface area contributed by atoms with Crippen molar-refractivity contribution in [1.82, 2.24) is 9.55 Å². The molecule has 2 heterocycles. The summed E-state index contributed by atoms with van der Waals surface area (Å²) in [5, 5.41) is 0.573. The Labute approximate surface area is 132 Å². The Kier molecular flexibility index (Phi) is 4.29. The summed E-state index contributed by atoms with van der Waals surface area (Å²) >= 11 is 1.48. The fourth-order valence-electron chi connectivity index (χ4n) is 3.04. The Hall–Kier alpha value is -1.69. The highest BCUT2D eigenvalue weighted by molar-refractivity contribution is 7.18. The predicted molar refractivity (Wildman–Crippen MR) is 86.1 cm³/mol. The number of nitrogens with zero attached hydrogens (tertiary/aromatic N) is 2. The molecule has 1 aliphatic carbocycles. The van der Waals surface area contributed by atoms with Gasteiger partial charge >= 0.3 is 5.97 Å². The molecule has 1 saturated carbocycles. The van der Waals surface area contributed by atoms with Gasteiger partial charge in [-0.3, -0.25) is 14.2 Å². The van der Waals surface area contributed by atoms with Gasteiger partial charge in [0, 0.05) is 4.88 Å². The third-order valence-corrected chi connectivity index (χ3v) is 5.09. The van der Waals surface area contributed by atoms with Crippen molar-refractivity contribution in [3.63, 3.8) is 0 Å². The third-order valence-electron chi connectivity index (χ3n) is 4.13. The number of aryl methyl sites for hydroxylation is 1. The summed E-state index contributed by atoms with van der Waals surface area (Å²) in [4.78, 5) is 30.4. The highest BCUT2D eigenvalue weighted by atomic mass is 32.1. The Bertz CT molecular complexity index is 749. The lowest BCUT2D eigenvalue weighted by atomic mass is 9.89. The molecule has 6 heteroatoms. The molecule has 0 aromatic carbocycles. The normalized spacial score (nSPS) is 21.9. The summed E-state index contributed by atoms with van der Waals surface area (Å²) in [5.74, 6) is 0.246. The number of aromatic nitrogens is 2. The van der Waals surface area contributed by atoms with Crippen LogP contribution in [0.15, 0.2) is 17.2 Å². The van der Waals surface area contributed by atoms with Crippen molar-refractivity contribution in [2.45, 2.75) is 52.2 Å². The molecule has 0 aliphatic heterocycles. The van der Waals surface area contributed by atoms with Gasteiger partial charge in [0.25, 0.3) is 5.56 Å². The molecule has 0 spiro atoms. The van der Waals surface area contributed by atoms with E-state index in [-0.39, 0.29) is 24.2 Å². The molecule has 2 aromatic rings. The number of carbonyl (C=O) groups excluding carboxylic acids is 1. The first-order chi connectivity index (χ1) is 10.5. The molecule has 5 nitrogen and oxygen atoms in total. The number of rotatable bonds is 3. The number of hydrogen-bond acceptors (Lipinski definition) is 5. The zero-order valence-electron chi connectivity index (χ0n) is 12.9. The van der Waals surface area contributed by atoms with Crippen molar-refractivity contribution in [3.05, 3.63) is 27.6 Å². The molecule has 2 atom stereocenters. The first-order valence-electron chi connectivity index (χ1n) is 7.68. The van der Waals surface area contributed by atoms with Crippen LogP contribution in [0.2, 0.25) is 0 Å². The van der Waals surface area contributed by atoms with E-state index >= 15 is 0 Å². The van der Waals surface area contributed by atoms with Gasteiger partial charge in [-0.25, -0.2) is 4.98 Å². The number of thiophene rings is 1. The Morgan fingerprint density at radius 2 is 2.32 bits per heavy atom. The lowest BCUT2D eigenvalue weighted by molar-refractivity contribution is -0.152. The number of esters is 1. The van der Waals surface area contributed by atoms with Crippen LogP contribution in [0.1, 0.15) is 37.5 Å². The zero-order chi connectivity index (χ0) is 15.7. The molecular weight excluding hydrogens is 300 g/mol. The first kappa shape index (κ1) is 15.2. The van der Waals surface area contributed by atoms with Crippen LogP contribution in [-0.4, -0.2) is 21.6 Å². The molecular formula is C16H20N2O3S. The van der Waals surface area contributed by atoms with Crippen LogP contribution in [0, 0.1) is 12.8 Å². The second-order valence-corrected chi connectivity index (χ2v) is 7.37. The minimum Gasteiger partial charge on any atom is -0.461 e. The molecule has 1 fully saturated rings. The van der Waals surface area contributed by atoms with Gasteiger partial charge in [0.15, 0.2) is 0 Å². The molecule has 0 radical (unpaired) electrons. The van der Waals surface area contributed by atoms with Crippen LogP contribution in [0.4, 0.5) is 0 Å². The molecule has 0 amide bonds. The maximum atomic E-state index is 12.3. The summed E-state index contributed by atoms with van der Waals surface area (Å²) in [6.07, 6.45) is 5.57. The van der Waals surface area contributed by atoms with E-state index in [0.717, 1.165) is 24.1 Å². The van der Waals surface area contributed by atoms with Crippen LogP contribution in [0.3, 0.4) is 0 Å². The van der Waals surface area contributed by atoms with Crippen LogP contribution in [0.25, 0.3) is 10.2 Å². The van der Waals surface area contributed by atoms with Crippen molar-refractivity contribution in [1.29, 1.82) is 0 Å². The molecule has 2 aromatic heterocycles. The zero-order valence-corrected chi connectivity index (χ0v) is 13.7. The van der Waals surface area contributed by atoms with Crippen LogP contribution in [0.5, 0.6) is 0 Å². The highest BCUT2D eigenvalue weighted by Gasteiger charge is 2.22.